The van der Waals surface area contributed by atoms with Crippen LogP contribution in [-0.2, 0) is 14.8 Å². The van der Waals surface area contributed by atoms with Gasteiger partial charge < -0.3 is 5.32 Å². The molecular formula is C20H22BrClN2O3S. The molecule has 0 spiro atoms. The number of nitrogens with one attached hydrogen (secondary N) is 1. The van der Waals surface area contributed by atoms with Crippen molar-refractivity contribution in [2.75, 3.05) is 11.9 Å². The van der Waals surface area contributed by atoms with Gasteiger partial charge in [0.1, 0.15) is 6.04 Å². The third-order valence-corrected chi connectivity index (χ3v) is 7.49. The third-order valence-electron chi connectivity index (χ3n) is 4.82. The zero-order valence-corrected chi connectivity index (χ0v) is 18.8. The van der Waals surface area contributed by atoms with Crippen molar-refractivity contribution in [2.45, 2.75) is 43.5 Å². The molecule has 1 atom stereocenters. The average Bonchev–Trinajstić information content (AvgIpc) is 3.14. The summed E-state index contributed by atoms with van der Waals surface area (Å²) in [4.78, 5) is 13.1. The molecule has 1 saturated heterocycles. The second kappa shape index (κ2) is 8.53. The fraction of sp³-hybridized carbons (Fsp3) is 0.350. The van der Waals surface area contributed by atoms with Crippen LogP contribution in [0.15, 0.2) is 51.8 Å². The minimum Gasteiger partial charge on any atom is -0.324 e. The first-order valence-electron chi connectivity index (χ1n) is 9.08. The number of anilines is 1. The topological polar surface area (TPSA) is 66.5 Å². The highest BCUT2D eigenvalue weighted by atomic mass is 79.9. The second-order valence-electron chi connectivity index (χ2n) is 7.10. The van der Waals surface area contributed by atoms with Crippen molar-refractivity contribution < 1.29 is 13.2 Å². The highest BCUT2D eigenvalue weighted by Crippen LogP contribution is 2.31. The molecule has 1 fully saturated rings. The monoisotopic (exact) mass is 484 g/mol. The summed E-state index contributed by atoms with van der Waals surface area (Å²) in [6.07, 6.45) is 1.13. The molecule has 0 bridgehead atoms. The number of benzene rings is 2. The van der Waals surface area contributed by atoms with Gasteiger partial charge in [0.05, 0.1) is 4.90 Å². The molecule has 0 unspecified atom stereocenters. The molecule has 8 heteroatoms. The van der Waals surface area contributed by atoms with Crippen LogP contribution in [0.1, 0.15) is 38.2 Å². The molecule has 1 amide bonds. The number of carbonyl (C=O) groups is 1. The van der Waals surface area contributed by atoms with E-state index >= 15 is 0 Å². The van der Waals surface area contributed by atoms with E-state index in [1.165, 1.54) is 28.6 Å². The van der Waals surface area contributed by atoms with Gasteiger partial charge in [-0.25, -0.2) is 8.42 Å². The first-order chi connectivity index (χ1) is 13.2. The highest BCUT2D eigenvalue weighted by Gasteiger charge is 2.39. The molecule has 150 valence electrons. The van der Waals surface area contributed by atoms with E-state index in [0.29, 0.717) is 30.1 Å². The maximum absolute atomic E-state index is 13.0. The summed E-state index contributed by atoms with van der Waals surface area (Å²) in [6.45, 7) is 4.41. The van der Waals surface area contributed by atoms with E-state index in [1.807, 2.05) is 32.0 Å². The first-order valence-corrected chi connectivity index (χ1v) is 11.7. The summed E-state index contributed by atoms with van der Waals surface area (Å²) in [6, 6.07) is 10.9. The minimum atomic E-state index is -3.77. The number of amides is 1. The highest BCUT2D eigenvalue weighted by molar-refractivity contribution is 9.10. The molecule has 2 aromatic rings. The van der Waals surface area contributed by atoms with E-state index in [1.54, 1.807) is 0 Å². The van der Waals surface area contributed by atoms with E-state index in [2.05, 4.69) is 21.2 Å². The molecule has 1 heterocycles. The number of carbonyl (C=O) groups excluding carboxylic acids is 1. The summed E-state index contributed by atoms with van der Waals surface area (Å²) >= 11 is 9.32. The van der Waals surface area contributed by atoms with E-state index in [4.69, 9.17) is 11.6 Å². The zero-order valence-electron chi connectivity index (χ0n) is 15.7. The Balaban J connectivity index is 1.85. The van der Waals surface area contributed by atoms with Crippen molar-refractivity contribution in [1.29, 1.82) is 0 Å². The molecule has 0 radical (unpaired) electrons. The Hall–Kier alpha value is -1.41. The Morgan fingerprint density at radius 3 is 2.54 bits per heavy atom. The molecular weight excluding hydrogens is 464 g/mol. The number of halogens is 2. The van der Waals surface area contributed by atoms with E-state index < -0.39 is 16.1 Å². The fourth-order valence-corrected chi connectivity index (χ4v) is 5.53. The molecule has 0 saturated carbocycles. The van der Waals surface area contributed by atoms with Crippen LogP contribution in [-0.4, -0.2) is 31.2 Å². The molecule has 0 aliphatic carbocycles. The Morgan fingerprint density at radius 1 is 1.21 bits per heavy atom. The largest absolute Gasteiger partial charge is 0.324 e. The molecule has 5 nitrogen and oxygen atoms in total. The van der Waals surface area contributed by atoms with Gasteiger partial charge in [-0.2, -0.15) is 4.31 Å². The van der Waals surface area contributed by atoms with Gasteiger partial charge in [0.2, 0.25) is 15.9 Å². The van der Waals surface area contributed by atoms with Gasteiger partial charge in [-0.3, -0.25) is 4.79 Å². The first kappa shape index (κ1) is 21.3. The quantitative estimate of drug-likeness (QED) is 0.647. The number of hydrogen-bond acceptors (Lipinski definition) is 3. The molecule has 1 aliphatic rings. The van der Waals surface area contributed by atoms with Crippen molar-refractivity contribution in [2.24, 2.45) is 0 Å². The van der Waals surface area contributed by atoms with Crippen molar-refractivity contribution in [1.82, 2.24) is 4.31 Å². The van der Waals surface area contributed by atoms with Crippen molar-refractivity contribution in [3.63, 3.8) is 0 Å². The van der Waals surface area contributed by atoms with Crippen LogP contribution in [0.4, 0.5) is 5.69 Å². The van der Waals surface area contributed by atoms with Crippen LogP contribution in [0.2, 0.25) is 5.02 Å². The molecule has 1 aliphatic heterocycles. The lowest BCUT2D eigenvalue weighted by Crippen LogP contribution is -2.43. The maximum atomic E-state index is 13.0. The van der Waals surface area contributed by atoms with Gasteiger partial charge in [0.25, 0.3) is 0 Å². The van der Waals surface area contributed by atoms with Gasteiger partial charge in [-0.15, -0.1) is 0 Å². The van der Waals surface area contributed by atoms with Crippen LogP contribution in [0.3, 0.4) is 0 Å². The van der Waals surface area contributed by atoms with Gasteiger partial charge in [-0.1, -0.05) is 41.4 Å². The van der Waals surface area contributed by atoms with Crippen molar-refractivity contribution >= 4 is 49.1 Å². The Morgan fingerprint density at radius 2 is 1.89 bits per heavy atom. The number of rotatable bonds is 5. The molecule has 3 rings (SSSR count). The maximum Gasteiger partial charge on any atom is 0.243 e. The van der Waals surface area contributed by atoms with Crippen LogP contribution in [0.25, 0.3) is 0 Å². The van der Waals surface area contributed by atoms with E-state index in [-0.39, 0.29) is 16.7 Å². The van der Waals surface area contributed by atoms with Crippen LogP contribution in [0.5, 0.6) is 0 Å². The SMILES string of the molecule is CC(C)c1cc(Br)ccc1NC(=O)[C@H]1CCCN1S(=O)(=O)c1ccc(Cl)cc1. The third kappa shape index (κ3) is 4.43. The molecule has 2 aromatic carbocycles. The lowest BCUT2D eigenvalue weighted by atomic mass is 10.0. The predicted octanol–water partition coefficient (Wildman–Crippen LogP) is 5.02. The van der Waals surface area contributed by atoms with Crippen molar-refractivity contribution in [3.8, 4) is 0 Å². The van der Waals surface area contributed by atoms with Gasteiger partial charge in [0.15, 0.2) is 0 Å². The standard InChI is InChI=1S/C20H22BrClN2O3S/c1-13(2)17-12-14(21)5-10-18(17)23-20(25)19-4-3-11-24(19)28(26,27)16-8-6-15(22)7-9-16/h5-10,12-13,19H,3-4,11H2,1-2H3,(H,23,25)/t19-/m1/s1. The molecule has 1 N–H and O–H groups in total. The normalized spacial score (nSPS) is 17.8. The zero-order chi connectivity index (χ0) is 20.5. The minimum absolute atomic E-state index is 0.142. The number of nitrogens with zero attached hydrogens (tertiary/aromatic N) is 1. The molecule has 0 aromatic heterocycles. The Bertz CT molecular complexity index is 977. The van der Waals surface area contributed by atoms with Crippen LogP contribution >= 0.6 is 27.5 Å². The smallest absolute Gasteiger partial charge is 0.243 e. The lowest BCUT2D eigenvalue weighted by Gasteiger charge is -2.24. The van der Waals surface area contributed by atoms with E-state index in [9.17, 15) is 13.2 Å². The van der Waals surface area contributed by atoms with E-state index in [0.717, 1.165) is 10.0 Å². The van der Waals surface area contributed by atoms with Gasteiger partial charge >= 0.3 is 0 Å². The van der Waals surface area contributed by atoms with Crippen LogP contribution < -0.4 is 5.32 Å². The second-order valence-corrected chi connectivity index (χ2v) is 10.3. The predicted molar refractivity (Wildman–Crippen MR) is 115 cm³/mol. The Kier molecular flexibility index (Phi) is 6.49. The number of sulfonamides is 1. The Labute approximate surface area is 179 Å². The summed E-state index contributed by atoms with van der Waals surface area (Å²) in [7, 11) is -3.77. The van der Waals surface area contributed by atoms with Gasteiger partial charge in [-0.05, 0) is 66.8 Å². The fourth-order valence-electron chi connectivity index (χ4n) is 3.37. The summed E-state index contributed by atoms with van der Waals surface area (Å²) < 4.78 is 28.3. The summed E-state index contributed by atoms with van der Waals surface area (Å²) in [5, 5.41) is 3.40. The number of hydrogen-bond donors (Lipinski definition) is 1. The van der Waals surface area contributed by atoms with Crippen LogP contribution in [0, 0.1) is 0 Å². The average molecular weight is 486 g/mol. The lowest BCUT2D eigenvalue weighted by molar-refractivity contribution is -0.119. The summed E-state index contributed by atoms with van der Waals surface area (Å²) in [5.74, 6) is -0.0930. The van der Waals surface area contributed by atoms with Crippen molar-refractivity contribution in [3.05, 3.63) is 57.5 Å². The molecule has 28 heavy (non-hydrogen) atoms. The van der Waals surface area contributed by atoms with Gasteiger partial charge in [0, 0.05) is 21.7 Å². The summed E-state index contributed by atoms with van der Waals surface area (Å²) in [5.41, 5.74) is 1.70.